The van der Waals surface area contributed by atoms with E-state index in [1.54, 1.807) is 0 Å². The average molecular weight is 369 g/mol. The molecule has 0 aromatic heterocycles. The first-order valence-corrected chi connectivity index (χ1v) is 11.8. The molecule has 0 radical (unpaired) electrons. The van der Waals surface area contributed by atoms with Crippen LogP contribution in [0.4, 0.5) is 0 Å². The van der Waals surface area contributed by atoms with Crippen molar-refractivity contribution in [3.63, 3.8) is 0 Å². The van der Waals surface area contributed by atoms with Gasteiger partial charge in [-0.15, -0.1) is 0 Å². The Bertz CT molecular complexity index is 324. The van der Waals surface area contributed by atoms with Crippen LogP contribution in [0.15, 0.2) is 4.99 Å². The largest absolute Gasteiger partial charge is 0.311 e. The van der Waals surface area contributed by atoms with Crippen LogP contribution in [-0.2, 0) is 0 Å². The van der Waals surface area contributed by atoms with Crippen molar-refractivity contribution in [2.75, 3.05) is 39.3 Å². The molecule has 0 aliphatic heterocycles. The molecule has 0 rings (SSSR count). The van der Waals surface area contributed by atoms with Gasteiger partial charge in [0.15, 0.2) is 0 Å². The first kappa shape index (κ1) is 25.4. The molecule has 0 aliphatic carbocycles. The molecule has 0 atom stereocenters. The van der Waals surface area contributed by atoms with Gasteiger partial charge in [0.25, 0.3) is 5.96 Å². The maximum absolute atomic E-state index is 5.30. The predicted molar refractivity (Wildman–Crippen MR) is 119 cm³/mol. The Morgan fingerprint density at radius 2 is 1.12 bits per heavy atom. The fraction of sp³-hybridized carbons (Fsp3) is 0.957. The van der Waals surface area contributed by atoms with Crippen molar-refractivity contribution in [2.24, 2.45) is 4.99 Å². The van der Waals surface area contributed by atoms with Crippen LogP contribution < -0.4 is 0 Å². The Balaban J connectivity index is 5.82. The van der Waals surface area contributed by atoms with Gasteiger partial charge in [-0.25, -0.2) is 4.99 Å². The summed E-state index contributed by atoms with van der Waals surface area (Å²) < 4.78 is 1.12. The summed E-state index contributed by atoms with van der Waals surface area (Å²) in [6, 6.07) is 0. The molecule has 0 aromatic rings. The molecule has 0 N–H and O–H groups in total. The first-order valence-electron chi connectivity index (χ1n) is 11.8. The van der Waals surface area contributed by atoms with Gasteiger partial charge in [0.05, 0.1) is 19.6 Å². The zero-order chi connectivity index (χ0) is 19.7. The monoisotopic (exact) mass is 368 g/mol. The smallest absolute Gasteiger partial charge is 0.300 e. The molecule has 3 heteroatoms. The third-order valence-corrected chi connectivity index (χ3v) is 5.28. The van der Waals surface area contributed by atoms with Crippen molar-refractivity contribution >= 4 is 5.96 Å². The molecule has 0 unspecified atom stereocenters. The Kier molecular flexibility index (Phi) is 16.2. The van der Waals surface area contributed by atoms with E-state index in [9.17, 15) is 0 Å². The van der Waals surface area contributed by atoms with E-state index in [1.165, 1.54) is 103 Å². The zero-order valence-electron chi connectivity index (χ0n) is 19.2. The van der Waals surface area contributed by atoms with Crippen LogP contribution in [0.25, 0.3) is 0 Å². The summed E-state index contributed by atoms with van der Waals surface area (Å²) >= 11 is 0. The molecule has 0 amide bonds. The number of rotatable bonds is 16. The molecule has 0 bridgehead atoms. The van der Waals surface area contributed by atoms with E-state index in [2.05, 4.69) is 46.4 Å². The van der Waals surface area contributed by atoms with Gasteiger partial charge in [0.2, 0.25) is 0 Å². The highest BCUT2D eigenvalue weighted by Crippen LogP contribution is 2.19. The van der Waals surface area contributed by atoms with Gasteiger partial charge < -0.3 is 4.90 Å². The maximum atomic E-state index is 5.30. The van der Waals surface area contributed by atoms with E-state index in [-0.39, 0.29) is 0 Å². The molecule has 0 saturated carbocycles. The number of hydrogen-bond acceptors (Lipinski definition) is 1. The summed E-state index contributed by atoms with van der Waals surface area (Å²) in [7, 11) is 0. The SMILES string of the molecule is CCCCN=C(N(CCCC)CCCC)[N+](CCC)(CCC)CCCC. The summed E-state index contributed by atoms with van der Waals surface area (Å²) in [5.74, 6) is 1.43. The van der Waals surface area contributed by atoms with Crippen molar-refractivity contribution in [3.05, 3.63) is 0 Å². The molecule has 0 aromatic carbocycles. The van der Waals surface area contributed by atoms with Gasteiger partial charge in [-0.2, -0.15) is 0 Å². The van der Waals surface area contributed by atoms with E-state index in [4.69, 9.17) is 4.99 Å². The summed E-state index contributed by atoms with van der Waals surface area (Å²) in [6.07, 6.45) is 12.6. The second kappa shape index (κ2) is 16.6. The highest BCUT2D eigenvalue weighted by atomic mass is 15.5. The molecule has 0 saturated heterocycles. The lowest BCUT2D eigenvalue weighted by Crippen LogP contribution is -2.61. The van der Waals surface area contributed by atoms with E-state index in [0.29, 0.717) is 0 Å². The summed E-state index contributed by atoms with van der Waals surface area (Å²) in [5.41, 5.74) is 0. The second-order valence-corrected chi connectivity index (χ2v) is 7.90. The Morgan fingerprint density at radius 3 is 1.54 bits per heavy atom. The second-order valence-electron chi connectivity index (χ2n) is 7.90. The zero-order valence-corrected chi connectivity index (χ0v) is 19.2. The molecule has 156 valence electrons. The van der Waals surface area contributed by atoms with Crippen LogP contribution in [0.3, 0.4) is 0 Å². The molecular formula is C23H50N3+. The molecule has 3 nitrogen and oxygen atoms in total. The van der Waals surface area contributed by atoms with Crippen LogP contribution in [0.1, 0.15) is 106 Å². The summed E-state index contributed by atoms with van der Waals surface area (Å²) in [6.45, 7) is 21.0. The highest BCUT2D eigenvalue weighted by Gasteiger charge is 2.36. The Labute approximate surface area is 165 Å². The van der Waals surface area contributed by atoms with Crippen molar-refractivity contribution in [3.8, 4) is 0 Å². The third kappa shape index (κ3) is 9.39. The predicted octanol–water partition coefficient (Wildman–Crippen LogP) is 6.48. The first-order chi connectivity index (χ1) is 12.7. The molecule has 0 heterocycles. The van der Waals surface area contributed by atoms with Crippen molar-refractivity contribution in [1.82, 2.24) is 4.90 Å². The molecule has 0 aliphatic rings. The van der Waals surface area contributed by atoms with Crippen LogP contribution in [-0.4, -0.2) is 54.6 Å². The van der Waals surface area contributed by atoms with E-state index in [0.717, 1.165) is 11.0 Å². The van der Waals surface area contributed by atoms with Crippen LogP contribution in [0, 0.1) is 0 Å². The molecule has 26 heavy (non-hydrogen) atoms. The number of quaternary nitrogens is 1. The van der Waals surface area contributed by atoms with Crippen LogP contribution in [0.2, 0.25) is 0 Å². The summed E-state index contributed by atoms with van der Waals surface area (Å²) in [4.78, 5) is 7.98. The number of unbranched alkanes of at least 4 members (excludes halogenated alkanes) is 4. The third-order valence-electron chi connectivity index (χ3n) is 5.28. The van der Waals surface area contributed by atoms with Crippen molar-refractivity contribution in [2.45, 2.75) is 106 Å². The maximum Gasteiger partial charge on any atom is 0.300 e. The van der Waals surface area contributed by atoms with Crippen molar-refractivity contribution in [1.29, 1.82) is 0 Å². The quantitative estimate of drug-likeness (QED) is 0.132. The fourth-order valence-electron chi connectivity index (χ4n) is 3.85. The standard InChI is InChI=1S/C23H50N3/c1-7-13-17-24-23(25(18-14-8-2)19-15-9-3)26(20-11-5,21-12-6)22-16-10-4/h7-22H2,1-6H3/q+1. The number of hydrogen-bond donors (Lipinski definition) is 0. The lowest BCUT2D eigenvalue weighted by atomic mass is 10.2. The summed E-state index contributed by atoms with van der Waals surface area (Å²) in [5, 5.41) is 0. The van der Waals surface area contributed by atoms with E-state index >= 15 is 0 Å². The lowest BCUT2D eigenvalue weighted by molar-refractivity contribution is -0.848. The minimum atomic E-state index is 1.00. The van der Waals surface area contributed by atoms with Gasteiger partial charge in [0, 0.05) is 19.6 Å². The van der Waals surface area contributed by atoms with Crippen molar-refractivity contribution < 1.29 is 4.48 Å². The van der Waals surface area contributed by atoms with Gasteiger partial charge in [0.1, 0.15) is 0 Å². The molecule has 0 fully saturated rings. The van der Waals surface area contributed by atoms with Gasteiger partial charge in [-0.1, -0.05) is 67.2 Å². The number of guanidine groups is 1. The minimum Gasteiger partial charge on any atom is -0.311 e. The van der Waals surface area contributed by atoms with Crippen LogP contribution in [0.5, 0.6) is 0 Å². The van der Waals surface area contributed by atoms with Gasteiger partial charge in [-0.3, -0.25) is 4.48 Å². The molecule has 0 spiro atoms. The van der Waals surface area contributed by atoms with E-state index in [1.807, 2.05) is 0 Å². The number of nitrogens with zero attached hydrogens (tertiary/aromatic N) is 3. The average Bonchev–Trinajstić information content (AvgIpc) is 2.64. The lowest BCUT2D eigenvalue weighted by Gasteiger charge is -2.42. The number of aliphatic imine (C=N–C) groups is 1. The minimum absolute atomic E-state index is 1.00. The highest BCUT2D eigenvalue weighted by molar-refractivity contribution is 5.73. The van der Waals surface area contributed by atoms with Gasteiger partial charge >= 0.3 is 0 Å². The normalized spacial score (nSPS) is 12.6. The van der Waals surface area contributed by atoms with E-state index < -0.39 is 0 Å². The molecular weight excluding hydrogens is 318 g/mol. The topological polar surface area (TPSA) is 15.6 Å². The van der Waals surface area contributed by atoms with Crippen LogP contribution >= 0.6 is 0 Å². The van der Waals surface area contributed by atoms with Gasteiger partial charge in [-0.05, 0) is 38.5 Å². The Hall–Kier alpha value is -0.570. The Morgan fingerprint density at radius 1 is 0.615 bits per heavy atom. The fourth-order valence-corrected chi connectivity index (χ4v) is 3.85.